The first kappa shape index (κ1) is 18.5. The molecule has 0 aliphatic carbocycles. The van der Waals surface area contributed by atoms with Crippen molar-refractivity contribution in [2.24, 2.45) is 0 Å². The smallest absolute Gasteiger partial charge is 0.233 e. The van der Waals surface area contributed by atoms with Gasteiger partial charge >= 0.3 is 0 Å². The third-order valence-electron chi connectivity index (χ3n) is 3.39. The van der Waals surface area contributed by atoms with Gasteiger partial charge in [-0.05, 0) is 24.5 Å². The van der Waals surface area contributed by atoms with Crippen LogP contribution >= 0.6 is 12.4 Å². The number of aryl methyl sites for hydroxylation is 1. The van der Waals surface area contributed by atoms with Crippen LogP contribution < -0.4 is 10.6 Å². The molecule has 1 aromatic heterocycles. The van der Waals surface area contributed by atoms with Crippen molar-refractivity contribution in [2.45, 2.75) is 12.8 Å². The van der Waals surface area contributed by atoms with E-state index in [0.29, 0.717) is 26.2 Å². The highest BCUT2D eigenvalue weighted by Gasteiger charge is 2.03. The Morgan fingerprint density at radius 1 is 1.27 bits per heavy atom. The Kier molecular flexibility index (Phi) is 8.58. The second-order valence-corrected chi connectivity index (χ2v) is 4.98. The highest BCUT2D eigenvalue weighted by molar-refractivity contribution is 5.85. The van der Waals surface area contributed by atoms with Crippen LogP contribution in [0.25, 0.3) is 10.9 Å². The Morgan fingerprint density at radius 3 is 2.91 bits per heavy atom. The van der Waals surface area contributed by atoms with Crippen LogP contribution in [0, 0.1) is 0 Å². The molecule has 0 atom stereocenters. The number of fused-ring (bicyclic) bond motifs is 1. The zero-order valence-corrected chi connectivity index (χ0v) is 13.7. The fourth-order valence-electron chi connectivity index (χ4n) is 2.28. The summed E-state index contributed by atoms with van der Waals surface area (Å²) in [6, 6.07) is 8.28. The number of ether oxygens (including phenoxy) is 1. The lowest BCUT2D eigenvalue weighted by molar-refractivity contribution is -0.120. The molecular formula is C16H24ClN3O2. The molecule has 0 saturated carbocycles. The molecule has 3 N–H and O–H groups in total. The van der Waals surface area contributed by atoms with Crippen molar-refractivity contribution in [3.8, 4) is 0 Å². The number of carbonyl (C=O) groups excluding carboxylic acids is 1. The molecule has 1 heterocycles. The summed E-state index contributed by atoms with van der Waals surface area (Å²) in [7, 11) is 1.65. The number of halogens is 1. The molecule has 2 aromatic rings. The number of amides is 1. The van der Waals surface area contributed by atoms with Gasteiger partial charge in [0.2, 0.25) is 5.91 Å². The molecule has 0 saturated heterocycles. The van der Waals surface area contributed by atoms with Crippen molar-refractivity contribution in [1.29, 1.82) is 0 Å². The second kappa shape index (κ2) is 10.2. The Morgan fingerprint density at radius 2 is 2.09 bits per heavy atom. The summed E-state index contributed by atoms with van der Waals surface area (Å²) >= 11 is 0. The van der Waals surface area contributed by atoms with Gasteiger partial charge in [0, 0.05) is 37.3 Å². The lowest BCUT2D eigenvalue weighted by Gasteiger charge is -2.06. The summed E-state index contributed by atoms with van der Waals surface area (Å²) in [5.41, 5.74) is 2.47. The average Bonchev–Trinajstić information content (AvgIpc) is 2.91. The first-order valence-corrected chi connectivity index (χ1v) is 7.32. The number of hydrogen-bond donors (Lipinski definition) is 3. The van der Waals surface area contributed by atoms with Crippen LogP contribution in [0.4, 0.5) is 0 Å². The summed E-state index contributed by atoms with van der Waals surface area (Å²) in [6.45, 7) is 2.36. The minimum absolute atomic E-state index is 0. The fraction of sp³-hybridized carbons (Fsp3) is 0.438. The molecule has 5 nitrogen and oxygen atoms in total. The minimum Gasteiger partial charge on any atom is -0.383 e. The number of carbonyl (C=O) groups is 1. The van der Waals surface area contributed by atoms with E-state index >= 15 is 0 Å². The van der Waals surface area contributed by atoms with Crippen molar-refractivity contribution in [1.82, 2.24) is 15.6 Å². The molecule has 2 rings (SSSR count). The predicted molar refractivity (Wildman–Crippen MR) is 91.6 cm³/mol. The molecule has 122 valence electrons. The summed E-state index contributed by atoms with van der Waals surface area (Å²) in [4.78, 5) is 14.8. The van der Waals surface area contributed by atoms with E-state index in [0.717, 1.165) is 12.8 Å². The van der Waals surface area contributed by atoms with Gasteiger partial charge in [-0.25, -0.2) is 0 Å². The highest BCUT2D eigenvalue weighted by Crippen LogP contribution is 2.18. The number of nitrogens with one attached hydrogen (secondary N) is 3. The van der Waals surface area contributed by atoms with Crippen LogP contribution in [0.15, 0.2) is 30.5 Å². The number of rotatable bonds is 9. The average molecular weight is 326 g/mol. The summed E-state index contributed by atoms with van der Waals surface area (Å²) in [6.07, 6.45) is 3.95. The summed E-state index contributed by atoms with van der Waals surface area (Å²) in [5.74, 6) is 0.0324. The molecule has 0 aliphatic rings. The molecular weight excluding hydrogens is 302 g/mol. The van der Waals surface area contributed by atoms with Gasteiger partial charge in [-0.3, -0.25) is 4.79 Å². The van der Waals surface area contributed by atoms with E-state index in [1.807, 2.05) is 12.1 Å². The number of aromatic amines is 1. The first-order valence-electron chi connectivity index (χ1n) is 7.32. The molecule has 0 unspecified atom stereocenters. The van der Waals surface area contributed by atoms with Gasteiger partial charge in [-0.15, -0.1) is 12.4 Å². The standard InChI is InChI=1S/C16H23N3O2.ClH/c1-21-10-9-17-12-16(20)18-8-4-5-13-11-19-15-7-3-2-6-14(13)15;/h2-3,6-7,11,17,19H,4-5,8-10,12H2,1H3,(H,18,20);1H. The van der Waals surface area contributed by atoms with Gasteiger partial charge < -0.3 is 20.4 Å². The Bertz CT molecular complexity index is 571. The molecule has 1 aromatic carbocycles. The van der Waals surface area contributed by atoms with E-state index in [1.54, 1.807) is 7.11 Å². The van der Waals surface area contributed by atoms with Gasteiger partial charge in [-0.2, -0.15) is 0 Å². The maximum absolute atomic E-state index is 11.6. The van der Waals surface area contributed by atoms with E-state index in [-0.39, 0.29) is 18.3 Å². The van der Waals surface area contributed by atoms with E-state index in [9.17, 15) is 4.79 Å². The van der Waals surface area contributed by atoms with Gasteiger partial charge in [0.1, 0.15) is 0 Å². The normalized spacial score (nSPS) is 10.4. The first-order chi connectivity index (χ1) is 10.3. The van der Waals surface area contributed by atoms with Crippen LogP contribution in [-0.4, -0.2) is 44.2 Å². The Hall–Kier alpha value is -1.56. The van der Waals surface area contributed by atoms with Crippen molar-refractivity contribution in [2.75, 3.05) is 33.4 Å². The number of aromatic nitrogens is 1. The number of H-pyrrole nitrogens is 1. The number of benzene rings is 1. The molecule has 0 fully saturated rings. The molecule has 0 aliphatic heterocycles. The molecule has 0 bridgehead atoms. The maximum Gasteiger partial charge on any atom is 0.233 e. The Labute approximate surface area is 137 Å². The second-order valence-electron chi connectivity index (χ2n) is 4.98. The fourth-order valence-corrected chi connectivity index (χ4v) is 2.28. The van der Waals surface area contributed by atoms with Crippen LogP contribution in [0.5, 0.6) is 0 Å². The lowest BCUT2D eigenvalue weighted by Crippen LogP contribution is -2.35. The van der Waals surface area contributed by atoms with Crippen LogP contribution in [0.3, 0.4) is 0 Å². The molecule has 0 radical (unpaired) electrons. The van der Waals surface area contributed by atoms with E-state index in [2.05, 4.69) is 33.9 Å². The minimum atomic E-state index is 0. The van der Waals surface area contributed by atoms with Crippen molar-refractivity contribution < 1.29 is 9.53 Å². The monoisotopic (exact) mass is 325 g/mol. The van der Waals surface area contributed by atoms with Crippen molar-refractivity contribution in [3.05, 3.63) is 36.0 Å². The third-order valence-corrected chi connectivity index (χ3v) is 3.39. The number of methoxy groups -OCH3 is 1. The van der Waals surface area contributed by atoms with E-state index < -0.39 is 0 Å². The SMILES string of the molecule is COCCNCC(=O)NCCCc1c[nH]c2ccccc12.Cl. The maximum atomic E-state index is 11.6. The van der Waals surface area contributed by atoms with E-state index in [4.69, 9.17) is 4.74 Å². The van der Waals surface area contributed by atoms with Gasteiger partial charge in [0.25, 0.3) is 0 Å². The third kappa shape index (κ3) is 5.67. The quantitative estimate of drug-likeness (QED) is 0.617. The van der Waals surface area contributed by atoms with Crippen molar-refractivity contribution >= 4 is 29.2 Å². The zero-order valence-electron chi connectivity index (χ0n) is 12.9. The topological polar surface area (TPSA) is 66.2 Å². The Balaban J connectivity index is 0.00000242. The van der Waals surface area contributed by atoms with Crippen molar-refractivity contribution in [3.63, 3.8) is 0 Å². The predicted octanol–water partition coefficient (Wildman–Crippen LogP) is 1.87. The van der Waals surface area contributed by atoms with Crippen LogP contribution in [0.1, 0.15) is 12.0 Å². The summed E-state index contributed by atoms with van der Waals surface area (Å²) < 4.78 is 4.90. The number of hydrogen-bond acceptors (Lipinski definition) is 3. The highest BCUT2D eigenvalue weighted by atomic mass is 35.5. The lowest BCUT2D eigenvalue weighted by atomic mass is 10.1. The summed E-state index contributed by atoms with van der Waals surface area (Å²) in [5, 5.41) is 7.21. The van der Waals surface area contributed by atoms with Gasteiger partial charge in [0.15, 0.2) is 0 Å². The molecule has 1 amide bonds. The molecule has 6 heteroatoms. The van der Waals surface area contributed by atoms with Crippen LogP contribution in [-0.2, 0) is 16.0 Å². The largest absolute Gasteiger partial charge is 0.383 e. The van der Waals surface area contributed by atoms with Gasteiger partial charge in [-0.1, -0.05) is 18.2 Å². The van der Waals surface area contributed by atoms with Crippen LogP contribution in [0.2, 0.25) is 0 Å². The van der Waals surface area contributed by atoms with Gasteiger partial charge in [0.05, 0.1) is 13.2 Å². The molecule has 0 spiro atoms. The number of para-hydroxylation sites is 1. The van der Waals surface area contributed by atoms with E-state index in [1.165, 1.54) is 16.5 Å². The zero-order chi connectivity index (χ0) is 14.9. The molecule has 22 heavy (non-hydrogen) atoms.